The van der Waals surface area contributed by atoms with Crippen molar-refractivity contribution in [2.75, 3.05) is 19.4 Å². The van der Waals surface area contributed by atoms with Gasteiger partial charge in [0.15, 0.2) is 0 Å². The number of ether oxygens (including phenoxy) is 1. The second kappa shape index (κ2) is 8.24. The molecule has 1 aromatic rings. The van der Waals surface area contributed by atoms with Crippen molar-refractivity contribution >= 4 is 10.0 Å². The number of hydrogen-bond acceptors (Lipinski definition) is 4. The first-order valence-electron chi connectivity index (χ1n) is 6.76. The maximum atomic E-state index is 11.8. The van der Waals surface area contributed by atoms with E-state index in [0.29, 0.717) is 25.6 Å². The van der Waals surface area contributed by atoms with Crippen LogP contribution in [0, 0.1) is 0 Å². The first kappa shape index (κ1) is 16.9. The zero-order valence-electron chi connectivity index (χ0n) is 12.3. The van der Waals surface area contributed by atoms with Crippen molar-refractivity contribution in [1.82, 2.24) is 10.0 Å². The van der Waals surface area contributed by atoms with Crippen LogP contribution >= 0.6 is 0 Å². The summed E-state index contributed by atoms with van der Waals surface area (Å²) >= 11 is 0. The second-order valence-electron chi connectivity index (χ2n) is 4.95. The molecule has 0 saturated carbocycles. The van der Waals surface area contributed by atoms with Gasteiger partial charge in [-0.2, -0.15) is 0 Å². The van der Waals surface area contributed by atoms with Crippen molar-refractivity contribution < 1.29 is 13.2 Å². The highest BCUT2D eigenvalue weighted by molar-refractivity contribution is 7.89. The standard InChI is InChI=1S/C14H24N2O3S/c1-12(2)15-9-4-10-20(17,18)16-11-13-5-7-14(19-3)8-6-13/h5-8,12,15-16H,4,9-11H2,1-3H3. The van der Waals surface area contributed by atoms with Crippen LogP contribution in [0.25, 0.3) is 0 Å². The molecule has 0 unspecified atom stereocenters. The number of rotatable bonds is 9. The smallest absolute Gasteiger partial charge is 0.211 e. The molecule has 0 aliphatic rings. The Kier molecular flexibility index (Phi) is 6.98. The molecular weight excluding hydrogens is 276 g/mol. The largest absolute Gasteiger partial charge is 0.497 e. The van der Waals surface area contributed by atoms with E-state index in [4.69, 9.17) is 4.74 Å². The van der Waals surface area contributed by atoms with E-state index in [0.717, 1.165) is 11.3 Å². The first-order valence-corrected chi connectivity index (χ1v) is 8.42. The van der Waals surface area contributed by atoms with E-state index < -0.39 is 10.0 Å². The average Bonchev–Trinajstić information content (AvgIpc) is 2.42. The van der Waals surface area contributed by atoms with Crippen LogP contribution in [0.4, 0.5) is 0 Å². The van der Waals surface area contributed by atoms with E-state index in [1.807, 2.05) is 38.1 Å². The lowest BCUT2D eigenvalue weighted by atomic mass is 10.2. The Labute approximate surface area is 121 Å². The molecule has 0 atom stereocenters. The van der Waals surface area contributed by atoms with Gasteiger partial charge in [0.25, 0.3) is 0 Å². The molecule has 0 spiro atoms. The predicted octanol–water partition coefficient (Wildman–Crippen LogP) is 1.50. The fourth-order valence-corrected chi connectivity index (χ4v) is 2.72. The molecule has 114 valence electrons. The van der Waals surface area contributed by atoms with Crippen LogP contribution in [0.5, 0.6) is 5.75 Å². The summed E-state index contributed by atoms with van der Waals surface area (Å²) in [4.78, 5) is 0. The van der Waals surface area contributed by atoms with Crippen molar-refractivity contribution in [2.24, 2.45) is 0 Å². The average molecular weight is 300 g/mol. The number of benzene rings is 1. The number of methoxy groups -OCH3 is 1. The molecule has 0 heterocycles. The molecule has 0 aromatic heterocycles. The first-order chi connectivity index (χ1) is 9.43. The van der Waals surface area contributed by atoms with Gasteiger partial charge < -0.3 is 10.1 Å². The van der Waals surface area contributed by atoms with Crippen LogP contribution in [-0.4, -0.2) is 33.9 Å². The maximum absolute atomic E-state index is 11.8. The van der Waals surface area contributed by atoms with Gasteiger partial charge in [0, 0.05) is 12.6 Å². The predicted molar refractivity (Wildman–Crippen MR) is 81.4 cm³/mol. The lowest BCUT2D eigenvalue weighted by molar-refractivity contribution is 0.414. The molecule has 0 fully saturated rings. The van der Waals surface area contributed by atoms with Crippen molar-refractivity contribution in [2.45, 2.75) is 32.9 Å². The highest BCUT2D eigenvalue weighted by atomic mass is 32.2. The molecule has 5 nitrogen and oxygen atoms in total. The van der Waals surface area contributed by atoms with E-state index in [1.165, 1.54) is 0 Å². The molecule has 6 heteroatoms. The molecule has 0 radical (unpaired) electrons. The van der Waals surface area contributed by atoms with E-state index in [2.05, 4.69) is 10.0 Å². The van der Waals surface area contributed by atoms with Gasteiger partial charge in [0.05, 0.1) is 12.9 Å². The molecule has 0 aliphatic heterocycles. The molecule has 0 saturated heterocycles. The highest BCUT2D eigenvalue weighted by Crippen LogP contribution is 2.11. The Bertz CT molecular complexity index is 484. The van der Waals surface area contributed by atoms with Crippen LogP contribution in [0.2, 0.25) is 0 Å². The molecule has 20 heavy (non-hydrogen) atoms. The van der Waals surface area contributed by atoms with Gasteiger partial charge in [-0.25, -0.2) is 13.1 Å². The lowest BCUT2D eigenvalue weighted by Crippen LogP contribution is -2.29. The zero-order valence-corrected chi connectivity index (χ0v) is 13.2. The van der Waals surface area contributed by atoms with Gasteiger partial charge in [-0.15, -0.1) is 0 Å². The number of nitrogens with one attached hydrogen (secondary N) is 2. The van der Waals surface area contributed by atoms with Crippen molar-refractivity contribution in [3.8, 4) is 5.75 Å². The normalized spacial score (nSPS) is 11.8. The fourth-order valence-electron chi connectivity index (χ4n) is 1.66. The second-order valence-corrected chi connectivity index (χ2v) is 6.88. The third kappa shape index (κ3) is 6.88. The topological polar surface area (TPSA) is 67.4 Å². The zero-order chi connectivity index (χ0) is 15.0. The SMILES string of the molecule is COc1ccc(CNS(=O)(=O)CCCNC(C)C)cc1. The molecule has 1 rings (SSSR count). The van der Waals surface area contributed by atoms with Gasteiger partial charge in [-0.05, 0) is 30.7 Å². The monoisotopic (exact) mass is 300 g/mol. The Morgan fingerprint density at radius 2 is 1.85 bits per heavy atom. The molecule has 0 aliphatic carbocycles. The molecule has 0 bridgehead atoms. The van der Waals surface area contributed by atoms with Crippen LogP contribution in [0.1, 0.15) is 25.8 Å². The van der Waals surface area contributed by atoms with Crippen LogP contribution in [0.3, 0.4) is 0 Å². The van der Waals surface area contributed by atoms with Gasteiger partial charge in [0.1, 0.15) is 5.75 Å². The minimum atomic E-state index is -3.21. The maximum Gasteiger partial charge on any atom is 0.211 e. The van der Waals surface area contributed by atoms with Gasteiger partial charge in [-0.3, -0.25) is 0 Å². The highest BCUT2D eigenvalue weighted by Gasteiger charge is 2.09. The molecule has 2 N–H and O–H groups in total. The van der Waals surface area contributed by atoms with E-state index in [9.17, 15) is 8.42 Å². The summed E-state index contributed by atoms with van der Waals surface area (Å²) in [6.45, 7) is 5.10. The molecular formula is C14H24N2O3S. The van der Waals surface area contributed by atoms with Crippen molar-refractivity contribution in [3.05, 3.63) is 29.8 Å². The summed E-state index contributed by atoms with van der Waals surface area (Å²) in [6.07, 6.45) is 0.607. The Balaban J connectivity index is 2.34. The summed E-state index contributed by atoms with van der Waals surface area (Å²) in [5.74, 6) is 0.902. The molecule has 1 aromatic carbocycles. The fraction of sp³-hybridized carbons (Fsp3) is 0.571. The Morgan fingerprint density at radius 1 is 1.20 bits per heavy atom. The number of hydrogen-bond donors (Lipinski definition) is 2. The van der Waals surface area contributed by atoms with E-state index in [1.54, 1.807) is 7.11 Å². The van der Waals surface area contributed by atoms with Crippen LogP contribution in [0.15, 0.2) is 24.3 Å². The summed E-state index contributed by atoms with van der Waals surface area (Å²) < 4.78 is 31.3. The van der Waals surface area contributed by atoms with Gasteiger partial charge in [0.2, 0.25) is 10.0 Å². The van der Waals surface area contributed by atoms with Crippen LogP contribution in [-0.2, 0) is 16.6 Å². The van der Waals surface area contributed by atoms with Crippen molar-refractivity contribution in [3.63, 3.8) is 0 Å². The van der Waals surface area contributed by atoms with Crippen molar-refractivity contribution in [1.29, 1.82) is 0 Å². The quantitative estimate of drug-likeness (QED) is 0.678. The minimum absolute atomic E-state index is 0.142. The minimum Gasteiger partial charge on any atom is -0.497 e. The third-order valence-corrected chi connectivity index (χ3v) is 4.21. The summed E-state index contributed by atoms with van der Waals surface area (Å²) in [7, 11) is -1.61. The van der Waals surface area contributed by atoms with Gasteiger partial charge >= 0.3 is 0 Å². The third-order valence-electron chi connectivity index (χ3n) is 2.80. The number of sulfonamides is 1. The summed E-state index contributed by atoms with van der Waals surface area (Å²) in [5, 5.41) is 3.20. The van der Waals surface area contributed by atoms with E-state index in [-0.39, 0.29) is 5.75 Å². The molecule has 0 amide bonds. The lowest BCUT2D eigenvalue weighted by Gasteiger charge is -2.09. The summed E-state index contributed by atoms with van der Waals surface area (Å²) in [5.41, 5.74) is 0.912. The van der Waals surface area contributed by atoms with Gasteiger partial charge in [-0.1, -0.05) is 26.0 Å². The van der Waals surface area contributed by atoms with E-state index >= 15 is 0 Å². The van der Waals surface area contributed by atoms with Crippen LogP contribution < -0.4 is 14.8 Å². The Morgan fingerprint density at radius 3 is 2.40 bits per heavy atom. The Hall–Kier alpha value is -1.11. The summed E-state index contributed by atoms with van der Waals surface area (Å²) in [6, 6.07) is 7.71.